The van der Waals surface area contributed by atoms with Gasteiger partial charge in [0.15, 0.2) is 0 Å². The molecule has 1 aromatic rings. The lowest BCUT2D eigenvalue weighted by atomic mass is 9.62. The fourth-order valence-electron chi connectivity index (χ4n) is 3.68. The van der Waals surface area contributed by atoms with Crippen molar-refractivity contribution in [2.24, 2.45) is 22.5 Å². The zero-order valence-electron chi connectivity index (χ0n) is 14.0. The Morgan fingerprint density at radius 2 is 1.95 bits per heavy atom. The lowest BCUT2D eigenvalue weighted by Crippen LogP contribution is -2.42. The number of aliphatic hydroxyl groups excluding tert-OH is 1. The topological polar surface area (TPSA) is 59.4 Å². The van der Waals surface area contributed by atoms with Crippen LogP contribution in [0.4, 0.5) is 0 Å². The Balaban J connectivity index is 2.12. The Labute approximate surface area is 128 Å². The molecule has 1 aromatic heterocycles. The number of hydrogen-bond donors (Lipinski definition) is 2. The fourth-order valence-corrected chi connectivity index (χ4v) is 3.68. The number of aryl methyl sites for hydroxylation is 1. The van der Waals surface area contributed by atoms with Gasteiger partial charge in [0.25, 0.3) is 0 Å². The molecule has 0 spiro atoms. The quantitative estimate of drug-likeness (QED) is 0.880. The van der Waals surface area contributed by atoms with Crippen LogP contribution in [0.2, 0.25) is 0 Å². The van der Waals surface area contributed by atoms with Crippen LogP contribution in [0.15, 0.2) is 16.5 Å². The van der Waals surface area contributed by atoms with Crippen LogP contribution in [0.3, 0.4) is 0 Å². The Hall–Kier alpha value is -0.800. The Kier molecular flexibility index (Phi) is 4.84. The molecule has 1 atom stereocenters. The van der Waals surface area contributed by atoms with E-state index in [9.17, 15) is 5.11 Å². The van der Waals surface area contributed by atoms with Crippen molar-refractivity contribution >= 4 is 0 Å². The Bertz CT molecular complexity index is 450. The van der Waals surface area contributed by atoms with E-state index in [0.29, 0.717) is 23.6 Å². The van der Waals surface area contributed by atoms with Crippen LogP contribution >= 0.6 is 0 Å². The maximum absolute atomic E-state index is 10.8. The monoisotopic (exact) mass is 293 g/mol. The molecule has 1 unspecified atom stereocenters. The number of hydrogen-bond acceptors (Lipinski definition) is 3. The van der Waals surface area contributed by atoms with Crippen LogP contribution in [0.1, 0.15) is 71.0 Å². The van der Waals surface area contributed by atoms with E-state index >= 15 is 0 Å². The highest BCUT2D eigenvalue weighted by Gasteiger charge is 2.44. The first-order valence-corrected chi connectivity index (χ1v) is 8.29. The summed E-state index contributed by atoms with van der Waals surface area (Å²) in [5.74, 6) is 2.33. The van der Waals surface area contributed by atoms with E-state index in [-0.39, 0.29) is 5.41 Å². The second kappa shape index (κ2) is 6.13. The van der Waals surface area contributed by atoms with Gasteiger partial charge in [-0.1, -0.05) is 27.7 Å². The molecule has 0 amide bonds. The third-order valence-electron chi connectivity index (χ3n) is 5.49. The van der Waals surface area contributed by atoms with Gasteiger partial charge in [0.05, 0.1) is 0 Å². The second-order valence-corrected chi connectivity index (χ2v) is 7.77. The van der Waals surface area contributed by atoms with Crippen LogP contribution in [0.25, 0.3) is 0 Å². The zero-order chi connectivity index (χ0) is 15.7. The van der Waals surface area contributed by atoms with Crippen molar-refractivity contribution in [3.8, 4) is 0 Å². The molecule has 1 fully saturated rings. The van der Waals surface area contributed by atoms with Crippen molar-refractivity contribution in [3.05, 3.63) is 23.7 Å². The summed E-state index contributed by atoms with van der Waals surface area (Å²) in [7, 11) is 0. The first kappa shape index (κ1) is 16.6. The molecule has 0 radical (unpaired) electrons. The first-order valence-electron chi connectivity index (χ1n) is 8.29. The highest BCUT2D eigenvalue weighted by atomic mass is 16.4. The van der Waals surface area contributed by atoms with Gasteiger partial charge in [0, 0.05) is 18.4 Å². The molecule has 1 aliphatic carbocycles. The van der Waals surface area contributed by atoms with Crippen molar-refractivity contribution in [2.75, 3.05) is 6.54 Å². The van der Waals surface area contributed by atoms with E-state index < -0.39 is 6.10 Å². The Morgan fingerprint density at radius 1 is 1.33 bits per heavy atom. The molecule has 0 aromatic carbocycles. The molecule has 0 bridgehead atoms. The molecule has 120 valence electrons. The molecule has 1 aliphatic rings. The zero-order valence-corrected chi connectivity index (χ0v) is 14.0. The maximum Gasteiger partial charge on any atom is 0.133 e. The van der Waals surface area contributed by atoms with E-state index in [1.165, 1.54) is 0 Å². The van der Waals surface area contributed by atoms with Crippen molar-refractivity contribution in [2.45, 2.75) is 65.9 Å². The van der Waals surface area contributed by atoms with Gasteiger partial charge in [-0.05, 0) is 49.1 Å². The number of rotatable bonds is 4. The van der Waals surface area contributed by atoms with Crippen molar-refractivity contribution in [1.29, 1.82) is 0 Å². The molecular weight excluding hydrogens is 262 g/mol. The normalized spacial score (nSPS) is 28.6. The lowest BCUT2D eigenvalue weighted by Gasteiger charge is -2.45. The third-order valence-corrected chi connectivity index (χ3v) is 5.49. The van der Waals surface area contributed by atoms with Crippen LogP contribution in [-0.2, 0) is 6.42 Å². The van der Waals surface area contributed by atoms with Crippen LogP contribution in [0, 0.1) is 16.7 Å². The number of nitrogens with two attached hydrogens (primary N) is 1. The summed E-state index contributed by atoms with van der Waals surface area (Å²) >= 11 is 0. The SMILES string of the molecule is CCc1ccc(C(O)C2(CN)CCC(C(C)(C)C)CC2)o1. The van der Waals surface area contributed by atoms with E-state index in [1.54, 1.807) is 0 Å². The summed E-state index contributed by atoms with van der Waals surface area (Å²) in [6.45, 7) is 9.51. The summed E-state index contributed by atoms with van der Waals surface area (Å²) in [5.41, 5.74) is 6.19. The fraction of sp³-hybridized carbons (Fsp3) is 0.778. The van der Waals surface area contributed by atoms with Gasteiger partial charge >= 0.3 is 0 Å². The molecule has 1 saturated carbocycles. The minimum Gasteiger partial charge on any atom is -0.463 e. The predicted molar refractivity (Wildman–Crippen MR) is 85.9 cm³/mol. The molecule has 21 heavy (non-hydrogen) atoms. The predicted octanol–water partition coefficient (Wildman–Crippen LogP) is 4.06. The number of aliphatic hydroxyl groups is 1. The smallest absolute Gasteiger partial charge is 0.133 e. The average molecular weight is 293 g/mol. The highest BCUT2D eigenvalue weighted by molar-refractivity contribution is 5.13. The average Bonchev–Trinajstić information content (AvgIpc) is 2.94. The van der Waals surface area contributed by atoms with Crippen molar-refractivity contribution < 1.29 is 9.52 Å². The number of furan rings is 1. The van der Waals surface area contributed by atoms with Crippen molar-refractivity contribution in [1.82, 2.24) is 0 Å². The molecule has 0 saturated heterocycles. The van der Waals surface area contributed by atoms with Crippen molar-refractivity contribution in [3.63, 3.8) is 0 Å². The van der Waals surface area contributed by atoms with E-state index in [0.717, 1.165) is 37.9 Å². The summed E-state index contributed by atoms with van der Waals surface area (Å²) in [5, 5.41) is 10.8. The summed E-state index contributed by atoms with van der Waals surface area (Å²) in [6.07, 6.45) is 4.51. The van der Waals surface area contributed by atoms with E-state index in [1.807, 2.05) is 12.1 Å². The van der Waals surface area contributed by atoms with Gasteiger partial charge in [0.2, 0.25) is 0 Å². The minimum absolute atomic E-state index is 0.218. The van der Waals surface area contributed by atoms with Crippen LogP contribution in [0.5, 0.6) is 0 Å². The van der Waals surface area contributed by atoms with Gasteiger partial charge in [-0.2, -0.15) is 0 Å². The minimum atomic E-state index is -0.580. The first-order chi connectivity index (χ1) is 9.82. The lowest BCUT2D eigenvalue weighted by molar-refractivity contribution is -0.0347. The summed E-state index contributed by atoms with van der Waals surface area (Å²) < 4.78 is 5.76. The maximum atomic E-state index is 10.8. The van der Waals surface area contributed by atoms with E-state index in [2.05, 4.69) is 27.7 Å². The molecular formula is C18H31NO2. The molecule has 1 heterocycles. The summed E-state index contributed by atoms with van der Waals surface area (Å²) in [6, 6.07) is 3.88. The molecule has 3 heteroatoms. The van der Waals surface area contributed by atoms with Gasteiger partial charge in [0.1, 0.15) is 17.6 Å². The molecule has 3 N–H and O–H groups in total. The van der Waals surface area contributed by atoms with Gasteiger partial charge < -0.3 is 15.3 Å². The standard InChI is InChI=1S/C18H31NO2/c1-5-14-6-7-15(21-14)16(20)18(12-19)10-8-13(9-11-18)17(2,3)4/h6-7,13,16,20H,5,8-12,19H2,1-4H3. The van der Waals surface area contributed by atoms with Gasteiger partial charge in [-0.3, -0.25) is 0 Å². The van der Waals surface area contributed by atoms with Gasteiger partial charge in [-0.15, -0.1) is 0 Å². The van der Waals surface area contributed by atoms with Crippen LogP contribution < -0.4 is 5.73 Å². The second-order valence-electron chi connectivity index (χ2n) is 7.77. The van der Waals surface area contributed by atoms with Gasteiger partial charge in [-0.25, -0.2) is 0 Å². The third kappa shape index (κ3) is 3.35. The Morgan fingerprint density at radius 3 is 2.38 bits per heavy atom. The molecule has 0 aliphatic heterocycles. The highest BCUT2D eigenvalue weighted by Crippen LogP contribution is 2.50. The van der Waals surface area contributed by atoms with Crippen LogP contribution in [-0.4, -0.2) is 11.7 Å². The summed E-state index contributed by atoms with van der Waals surface area (Å²) in [4.78, 5) is 0. The largest absolute Gasteiger partial charge is 0.463 e. The molecule has 3 nitrogen and oxygen atoms in total. The van der Waals surface area contributed by atoms with E-state index in [4.69, 9.17) is 10.2 Å². The molecule has 2 rings (SSSR count).